The number of methoxy groups -OCH3 is 1. The fraction of sp³-hybridized carbons (Fsp3) is 0.714. The van der Waals surface area contributed by atoms with Gasteiger partial charge >= 0.3 is 5.69 Å². The first-order valence-electron chi connectivity index (χ1n) is 7.73. The number of hydrogen-bond donors (Lipinski definition) is 1. The normalized spacial score (nSPS) is 22.8. The van der Waals surface area contributed by atoms with Gasteiger partial charge < -0.3 is 19.3 Å². The van der Waals surface area contributed by atoms with Crippen LogP contribution >= 0.6 is 0 Å². The minimum Gasteiger partial charge on any atom is -0.394 e. The molecule has 1 aromatic rings. The summed E-state index contributed by atoms with van der Waals surface area (Å²) in [5.74, 6) is 0. The van der Waals surface area contributed by atoms with Crippen molar-refractivity contribution in [2.75, 3.05) is 26.9 Å². The second kappa shape index (κ2) is 8.79. The number of rotatable bonds is 8. The number of aryl methyl sites for hydroxylation is 1. The van der Waals surface area contributed by atoms with Gasteiger partial charge in [-0.1, -0.05) is 5.11 Å². The second-order valence-electron chi connectivity index (χ2n) is 5.59. The quantitative estimate of drug-likeness (QED) is 0.299. The maximum Gasteiger partial charge on any atom is 0.335 e. The largest absolute Gasteiger partial charge is 0.394 e. The van der Waals surface area contributed by atoms with E-state index in [9.17, 15) is 14.7 Å². The third-order valence-corrected chi connectivity index (χ3v) is 3.91. The Kier molecular flexibility index (Phi) is 6.73. The van der Waals surface area contributed by atoms with Gasteiger partial charge in [-0.25, -0.2) is 9.36 Å². The van der Waals surface area contributed by atoms with Crippen LogP contribution in [0.3, 0.4) is 0 Å². The molecule has 0 bridgehead atoms. The molecule has 1 aromatic heterocycles. The molecule has 11 nitrogen and oxygen atoms in total. The number of aromatic nitrogens is 2. The summed E-state index contributed by atoms with van der Waals surface area (Å²) in [7, 11) is 1.52. The van der Waals surface area contributed by atoms with Crippen molar-refractivity contribution < 1.29 is 19.3 Å². The number of nitrogens with zero attached hydrogens (tertiary/aromatic N) is 5. The molecule has 25 heavy (non-hydrogen) atoms. The molecule has 3 atom stereocenters. The second-order valence-corrected chi connectivity index (χ2v) is 5.59. The van der Waals surface area contributed by atoms with Crippen LogP contribution in [0.1, 0.15) is 18.2 Å². The molecule has 2 rings (SSSR count). The maximum absolute atomic E-state index is 12.6. The first-order chi connectivity index (χ1) is 12.0. The fourth-order valence-corrected chi connectivity index (χ4v) is 2.61. The zero-order valence-corrected chi connectivity index (χ0v) is 14.1. The van der Waals surface area contributed by atoms with E-state index in [1.807, 2.05) is 0 Å². The van der Waals surface area contributed by atoms with E-state index in [4.69, 9.17) is 19.7 Å². The van der Waals surface area contributed by atoms with Crippen molar-refractivity contribution in [3.05, 3.63) is 43.0 Å². The van der Waals surface area contributed by atoms with Gasteiger partial charge in [-0.15, -0.1) is 0 Å². The summed E-state index contributed by atoms with van der Waals surface area (Å²) in [5, 5.41) is 12.9. The van der Waals surface area contributed by atoms with Crippen LogP contribution in [0.25, 0.3) is 10.4 Å². The molecule has 0 radical (unpaired) electrons. The van der Waals surface area contributed by atoms with Crippen LogP contribution in [0.15, 0.2) is 20.9 Å². The van der Waals surface area contributed by atoms with Crippen LogP contribution in [0.4, 0.5) is 0 Å². The highest BCUT2D eigenvalue weighted by Gasteiger charge is 2.36. The van der Waals surface area contributed by atoms with Gasteiger partial charge in [0.25, 0.3) is 5.56 Å². The Morgan fingerprint density at radius 3 is 2.88 bits per heavy atom. The molecule has 1 aliphatic heterocycles. The smallest absolute Gasteiger partial charge is 0.335 e. The van der Waals surface area contributed by atoms with Gasteiger partial charge in [0, 0.05) is 30.2 Å². The molecule has 2 heterocycles. The van der Waals surface area contributed by atoms with E-state index in [0.717, 1.165) is 4.57 Å². The molecule has 11 heteroatoms. The van der Waals surface area contributed by atoms with Crippen LogP contribution in [-0.2, 0) is 20.9 Å². The van der Waals surface area contributed by atoms with Gasteiger partial charge in [-0.05, 0) is 12.5 Å². The highest BCUT2D eigenvalue weighted by Crippen LogP contribution is 2.29. The number of aliphatic hydroxyl groups is 1. The van der Waals surface area contributed by atoms with Crippen molar-refractivity contribution in [2.45, 2.75) is 38.4 Å². The SMILES string of the molecule is COCCOCn1c(=O)c(C)cn(C2CC(N=[N+]=[N-])C(CO)O2)c1=O. The summed E-state index contributed by atoms with van der Waals surface area (Å²) in [4.78, 5) is 27.6. The summed E-state index contributed by atoms with van der Waals surface area (Å²) >= 11 is 0. The van der Waals surface area contributed by atoms with Crippen LogP contribution in [0.5, 0.6) is 0 Å². The monoisotopic (exact) mass is 355 g/mol. The summed E-state index contributed by atoms with van der Waals surface area (Å²) in [5.41, 5.74) is 7.88. The van der Waals surface area contributed by atoms with Gasteiger partial charge in [0.05, 0.1) is 32.0 Å². The Morgan fingerprint density at radius 1 is 1.48 bits per heavy atom. The maximum atomic E-state index is 12.6. The van der Waals surface area contributed by atoms with E-state index in [-0.39, 0.29) is 26.4 Å². The number of azide groups is 1. The molecule has 3 unspecified atom stereocenters. The third kappa shape index (κ3) is 4.27. The first kappa shape index (κ1) is 19.2. The summed E-state index contributed by atoms with van der Waals surface area (Å²) in [6.07, 6.45) is 0.168. The average molecular weight is 355 g/mol. The van der Waals surface area contributed by atoms with Crippen LogP contribution < -0.4 is 11.2 Å². The Bertz CT molecular complexity index is 753. The lowest BCUT2D eigenvalue weighted by Crippen LogP contribution is -2.42. The summed E-state index contributed by atoms with van der Waals surface area (Å²) in [6, 6.07) is -0.592. The van der Waals surface area contributed by atoms with Gasteiger partial charge in [0.15, 0.2) is 0 Å². The molecule has 0 saturated carbocycles. The topological polar surface area (TPSA) is 141 Å². The van der Waals surface area contributed by atoms with Crippen molar-refractivity contribution in [1.29, 1.82) is 0 Å². The number of hydrogen-bond acceptors (Lipinski definition) is 7. The molecule has 0 amide bonds. The minimum absolute atomic E-state index is 0.210. The van der Waals surface area contributed by atoms with Gasteiger partial charge in [-0.2, -0.15) is 0 Å². The Hall–Kier alpha value is -2.17. The van der Waals surface area contributed by atoms with Gasteiger partial charge in [0.1, 0.15) is 13.0 Å². The summed E-state index contributed by atoms with van der Waals surface area (Å²) < 4.78 is 17.9. The molecule has 1 aliphatic rings. The van der Waals surface area contributed by atoms with E-state index >= 15 is 0 Å². The number of aliphatic hydroxyl groups excluding tert-OH is 1. The van der Waals surface area contributed by atoms with Crippen molar-refractivity contribution in [3.63, 3.8) is 0 Å². The first-order valence-corrected chi connectivity index (χ1v) is 7.73. The van der Waals surface area contributed by atoms with Crippen molar-refractivity contribution >= 4 is 0 Å². The van der Waals surface area contributed by atoms with E-state index in [0.29, 0.717) is 12.2 Å². The van der Waals surface area contributed by atoms with Crippen LogP contribution in [0, 0.1) is 6.92 Å². The Balaban J connectivity index is 2.30. The number of ether oxygens (including phenoxy) is 3. The van der Waals surface area contributed by atoms with E-state index in [1.165, 1.54) is 17.9 Å². The molecular formula is C14H21N5O6. The highest BCUT2D eigenvalue weighted by molar-refractivity contribution is 5.04. The van der Waals surface area contributed by atoms with Gasteiger partial charge in [0.2, 0.25) is 0 Å². The molecule has 138 valence electrons. The summed E-state index contributed by atoms with van der Waals surface area (Å²) in [6.45, 7) is 1.61. The van der Waals surface area contributed by atoms with Crippen LogP contribution in [-0.4, -0.2) is 53.3 Å². The van der Waals surface area contributed by atoms with Crippen molar-refractivity contribution in [1.82, 2.24) is 9.13 Å². The molecular weight excluding hydrogens is 334 g/mol. The fourth-order valence-electron chi connectivity index (χ4n) is 2.61. The standard InChI is InChI=1S/C14H21N5O6/c1-9-6-18(12-5-10(16-17-15)11(7-20)25-12)14(22)19(13(9)21)8-24-4-3-23-2/h6,10-12,20H,3-5,7-8H2,1-2H3. The third-order valence-electron chi connectivity index (χ3n) is 3.91. The van der Waals surface area contributed by atoms with E-state index in [2.05, 4.69) is 10.0 Å². The zero-order valence-electron chi connectivity index (χ0n) is 14.1. The zero-order chi connectivity index (χ0) is 18.4. The van der Waals surface area contributed by atoms with Crippen molar-refractivity contribution in [3.8, 4) is 0 Å². The lowest BCUT2D eigenvalue weighted by molar-refractivity contribution is -0.0295. The molecule has 1 saturated heterocycles. The molecule has 0 aliphatic carbocycles. The highest BCUT2D eigenvalue weighted by atomic mass is 16.5. The predicted octanol–water partition coefficient (Wildman–Crippen LogP) is -0.102. The van der Waals surface area contributed by atoms with Gasteiger partial charge in [-0.3, -0.25) is 9.36 Å². The molecule has 1 fully saturated rings. The molecule has 1 N–H and O–H groups in total. The van der Waals surface area contributed by atoms with E-state index in [1.54, 1.807) is 6.92 Å². The van der Waals surface area contributed by atoms with E-state index < -0.39 is 29.6 Å². The molecule has 0 aromatic carbocycles. The Morgan fingerprint density at radius 2 is 2.24 bits per heavy atom. The molecule has 0 spiro atoms. The lowest BCUT2D eigenvalue weighted by Gasteiger charge is -2.17. The van der Waals surface area contributed by atoms with Crippen molar-refractivity contribution in [2.24, 2.45) is 5.11 Å². The average Bonchev–Trinajstić information content (AvgIpc) is 3.00. The Labute approximate surface area is 143 Å². The predicted molar refractivity (Wildman–Crippen MR) is 86.1 cm³/mol. The lowest BCUT2D eigenvalue weighted by atomic mass is 10.1. The minimum atomic E-state index is -0.746. The van der Waals surface area contributed by atoms with Crippen LogP contribution in [0.2, 0.25) is 0 Å².